The summed E-state index contributed by atoms with van der Waals surface area (Å²) >= 11 is 0. The zero-order valence-corrected chi connectivity index (χ0v) is 11.4. The van der Waals surface area contributed by atoms with Crippen molar-refractivity contribution < 1.29 is 4.74 Å². The van der Waals surface area contributed by atoms with Crippen LogP contribution in [0.4, 0.5) is 0 Å². The lowest BCUT2D eigenvalue weighted by Crippen LogP contribution is -2.13. The van der Waals surface area contributed by atoms with E-state index in [2.05, 4.69) is 55.5 Å². The van der Waals surface area contributed by atoms with Gasteiger partial charge in [-0.25, -0.2) is 0 Å². The lowest BCUT2D eigenvalue weighted by molar-refractivity contribution is 0.241. The summed E-state index contributed by atoms with van der Waals surface area (Å²) in [5.74, 6) is 1.70. The first-order valence-electron chi connectivity index (χ1n) is 7.11. The van der Waals surface area contributed by atoms with Gasteiger partial charge in [0.1, 0.15) is 5.75 Å². The maximum atomic E-state index is 6.08. The minimum atomic E-state index is 0.671. The molecule has 0 radical (unpaired) electrons. The Hall–Kier alpha value is -1.76. The molecule has 1 unspecified atom stereocenters. The molecule has 0 saturated heterocycles. The molecule has 1 aliphatic rings. The minimum absolute atomic E-state index is 0.671. The molecule has 0 amide bonds. The summed E-state index contributed by atoms with van der Waals surface area (Å²) in [5.41, 5.74) is 1.31. The Labute approximate surface area is 114 Å². The van der Waals surface area contributed by atoms with Crippen LogP contribution in [0.15, 0.2) is 48.6 Å². The molecule has 1 nitrogen and oxygen atoms in total. The van der Waals surface area contributed by atoms with Gasteiger partial charge >= 0.3 is 0 Å². The molecule has 1 aliphatic carbocycles. The Bertz CT molecular complexity index is 598. The van der Waals surface area contributed by atoms with Gasteiger partial charge in [-0.15, -0.1) is 0 Å². The van der Waals surface area contributed by atoms with Crippen LogP contribution in [0.5, 0.6) is 5.75 Å². The summed E-state index contributed by atoms with van der Waals surface area (Å²) in [6.45, 7) is 2.98. The molecular weight excluding hydrogens is 232 g/mol. The van der Waals surface area contributed by atoms with Gasteiger partial charge in [0.25, 0.3) is 0 Å². The predicted octanol–water partition coefficient (Wildman–Crippen LogP) is 4.88. The van der Waals surface area contributed by atoms with Crippen molar-refractivity contribution in [3.05, 3.63) is 54.1 Å². The number of hydrogen-bond acceptors (Lipinski definition) is 1. The molecule has 0 N–H and O–H groups in total. The van der Waals surface area contributed by atoms with Crippen LogP contribution in [0.2, 0.25) is 0 Å². The molecule has 3 rings (SSSR count). The maximum absolute atomic E-state index is 6.08. The number of fused-ring (bicyclic) bond motifs is 1. The van der Waals surface area contributed by atoms with Gasteiger partial charge < -0.3 is 4.74 Å². The standard InChI is InChI=1S/C18H20O/c1-14-11-12-18(17-10-6-5-9-16(14)17)19-13-15-7-3-2-4-8-15/h2-3,5-6,9-12,15H,4,7-8,13H2,1H3. The summed E-state index contributed by atoms with van der Waals surface area (Å²) < 4.78 is 6.08. The van der Waals surface area contributed by atoms with Gasteiger partial charge in [0.15, 0.2) is 0 Å². The first kappa shape index (κ1) is 12.3. The molecule has 19 heavy (non-hydrogen) atoms. The van der Waals surface area contributed by atoms with Crippen LogP contribution in [0.1, 0.15) is 24.8 Å². The van der Waals surface area contributed by atoms with Crippen molar-refractivity contribution in [3.8, 4) is 5.75 Å². The molecule has 2 aromatic rings. The van der Waals surface area contributed by atoms with Crippen LogP contribution in [-0.4, -0.2) is 6.61 Å². The minimum Gasteiger partial charge on any atom is -0.493 e. The van der Waals surface area contributed by atoms with Crippen molar-refractivity contribution in [1.82, 2.24) is 0 Å². The summed E-state index contributed by atoms with van der Waals surface area (Å²) in [4.78, 5) is 0. The van der Waals surface area contributed by atoms with Crippen LogP contribution in [0, 0.1) is 12.8 Å². The highest BCUT2D eigenvalue weighted by atomic mass is 16.5. The summed E-state index contributed by atoms with van der Waals surface area (Å²) in [6.07, 6.45) is 8.16. The van der Waals surface area contributed by atoms with Gasteiger partial charge in [-0.2, -0.15) is 0 Å². The topological polar surface area (TPSA) is 9.23 Å². The molecule has 1 atom stereocenters. The monoisotopic (exact) mass is 252 g/mol. The normalized spacial score (nSPS) is 18.7. The van der Waals surface area contributed by atoms with Gasteiger partial charge in [-0.05, 0) is 49.1 Å². The molecule has 0 saturated carbocycles. The second-order valence-electron chi connectivity index (χ2n) is 5.39. The molecule has 0 heterocycles. The van der Waals surface area contributed by atoms with E-state index in [1.807, 2.05) is 0 Å². The zero-order chi connectivity index (χ0) is 13.1. The highest BCUT2D eigenvalue weighted by Gasteiger charge is 2.11. The third-order valence-corrected chi connectivity index (χ3v) is 3.95. The molecule has 0 aliphatic heterocycles. The predicted molar refractivity (Wildman–Crippen MR) is 80.7 cm³/mol. The summed E-state index contributed by atoms with van der Waals surface area (Å²) in [6, 6.07) is 12.7. The molecule has 2 aromatic carbocycles. The van der Waals surface area contributed by atoms with Crippen LogP contribution in [0.25, 0.3) is 10.8 Å². The number of rotatable bonds is 3. The first-order valence-corrected chi connectivity index (χ1v) is 7.11. The Balaban J connectivity index is 1.81. The van der Waals surface area contributed by atoms with Gasteiger partial charge in [0, 0.05) is 5.39 Å². The highest BCUT2D eigenvalue weighted by molar-refractivity contribution is 5.90. The van der Waals surface area contributed by atoms with Crippen molar-refractivity contribution in [3.63, 3.8) is 0 Å². The molecule has 0 spiro atoms. The van der Waals surface area contributed by atoms with Gasteiger partial charge in [-0.1, -0.05) is 42.5 Å². The SMILES string of the molecule is Cc1ccc(OCC2CC=CCC2)c2ccccc12. The number of allylic oxidation sites excluding steroid dienone is 2. The van der Waals surface area contributed by atoms with Crippen LogP contribution < -0.4 is 4.74 Å². The van der Waals surface area contributed by atoms with Crippen molar-refractivity contribution in [2.75, 3.05) is 6.61 Å². The van der Waals surface area contributed by atoms with E-state index in [0.29, 0.717) is 5.92 Å². The van der Waals surface area contributed by atoms with E-state index in [1.165, 1.54) is 29.2 Å². The van der Waals surface area contributed by atoms with Gasteiger partial charge in [-0.3, -0.25) is 0 Å². The number of ether oxygens (including phenoxy) is 1. The number of benzene rings is 2. The fourth-order valence-electron chi connectivity index (χ4n) is 2.76. The number of aryl methyl sites for hydroxylation is 1. The second-order valence-corrected chi connectivity index (χ2v) is 5.39. The van der Waals surface area contributed by atoms with Crippen molar-refractivity contribution >= 4 is 10.8 Å². The van der Waals surface area contributed by atoms with E-state index < -0.39 is 0 Å². The Morgan fingerprint density at radius 1 is 1.05 bits per heavy atom. The molecule has 0 bridgehead atoms. The first-order chi connectivity index (χ1) is 9.34. The third kappa shape index (κ3) is 2.65. The summed E-state index contributed by atoms with van der Waals surface area (Å²) in [5, 5.41) is 2.53. The van der Waals surface area contributed by atoms with E-state index >= 15 is 0 Å². The van der Waals surface area contributed by atoms with Crippen LogP contribution in [-0.2, 0) is 0 Å². The second kappa shape index (κ2) is 5.48. The maximum Gasteiger partial charge on any atom is 0.127 e. The average molecular weight is 252 g/mol. The van der Waals surface area contributed by atoms with E-state index in [0.717, 1.165) is 18.8 Å². The van der Waals surface area contributed by atoms with E-state index in [1.54, 1.807) is 0 Å². The van der Waals surface area contributed by atoms with E-state index in [9.17, 15) is 0 Å². The largest absolute Gasteiger partial charge is 0.493 e. The smallest absolute Gasteiger partial charge is 0.127 e. The zero-order valence-electron chi connectivity index (χ0n) is 11.4. The fourth-order valence-corrected chi connectivity index (χ4v) is 2.76. The Kier molecular flexibility index (Phi) is 3.54. The van der Waals surface area contributed by atoms with E-state index in [4.69, 9.17) is 4.74 Å². The summed E-state index contributed by atoms with van der Waals surface area (Å²) in [7, 11) is 0. The third-order valence-electron chi connectivity index (χ3n) is 3.95. The Morgan fingerprint density at radius 2 is 1.89 bits per heavy atom. The molecule has 0 fully saturated rings. The van der Waals surface area contributed by atoms with E-state index in [-0.39, 0.29) is 0 Å². The molecule has 98 valence electrons. The lowest BCUT2D eigenvalue weighted by Gasteiger charge is -2.19. The fraction of sp³-hybridized carbons (Fsp3) is 0.333. The average Bonchev–Trinajstić information content (AvgIpc) is 2.48. The number of hydrogen-bond donors (Lipinski definition) is 0. The van der Waals surface area contributed by atoms with Crippen molar-refractivity contribution in [2.24, 2.45) is 5.92 Å². The van der Waals surface area contributed by atoms with Crippen LogP contribution in [0.3, 0.4) is 0 Å². The molecular formula is C18H20O. The highest BCUT2D eigenvalue weighted by Crippen LogP contribution is 2.29. The molecule has 0 aromatic heterocycles. The van der Waals surface area contributed by atoms with Crippen molar-refractivity contribution in [1.29, 1.82) is 0 Å². The van der Waals surface area contributed by atoms with Crippen LogP contribution >= 0.6 is 0 Å². The lowest BCUT2D eigenvalue weighted by atomic mass is 9.95. The van der Waals surface area contributed by atoms with Gasteiger partial charge in [0.2, 0.25) is 0 Å². The quantitative estimate of drug-likeness (QED) is 0.707. The Morgan fingerprint density at radius 3 is 2.68 bits per heavy atom. The van der Waals surface area contributed by atoms with Gasteiger partial charge in [0.05, 0.1) is 6.61 Å². The van der Waals surface area contributed by atoms with Crippen molar-refractivity contribution in [2.45, 2.75) is 26.2 Å². The molecule has 1 heteroatoms.